The number of rotatable bonds is 7. The van der Waals surface area contributed by atoms with Gasteiger partial charge in [0.25, 0.3) is 0 Å². The molecule has 13 aromatic rings. The molecule has 0 saturated heterocycles. The molecule has 0 fully saturated rings. The van der Waals surface area contributed by atoms with E-state index in [2.05, 4.69) is 234 Å². The maximum atomic E-state index is 6.79. The number of hydrogen-bond donors (Lipinski definition) is 0. The minimum absolute atomic E-state index is 0.859. The molecule has 0 aliphatic heterocycles. The van der Waals surface area contributed by atoms with Crippen LogP contribution >= 0.6 is 0 Å². The van der Waals surface area contributed by atoms with Crippen LogP contribution in [-0.2, 0) is 0 Å². The molecule has 0 radical (unpaired) electrons. The maximum Gasteiger partial charge on any atom is 0.159 e. The molecule has 0 aliphatic rings. The van der Waals surface area contributed by atoms with Gasteiger partial charge in [-0.05, 0) is 104 Å². The van der Waals surface area contributed by atoms with Gasteiger partial charge in [-0.15, -0.1) is 0 Å². The summed E-state index contributed by atoms with van der Waals surface area (Å²) in [5.74, 6) is 0. The van der Waals surface area contributed by atoms with E-state index in [1.165, 1.54) is 65.0 Å². The number of anilines is 6. The van der Waals surface area contributed by atoms with Crippen molar-refractivity contribution in [2.75, 3.05) is 9.80 Å². The Morgan fingerprint density at radius 1 is 0.270 bits per heavy atom. The zero-order valence-electron chi connectivity index (χ0n) is 34.2. The van der Waals surface area contributed by atoms with Crippen molar-refractivity contribution < 1.29 is 4.42 Å². The normalized spacial score (nSPS) is 11.8. The highest BCUT2D eigenvalue weighted by Gasteiger charge is 2.25. The first-order valence-electron chi connectivity index (χ1n) is 21.6. The number of benzene rings is 12. The van der Waals surface area contributed by atoms with E-state index in [-0.39, 0.29) is 0 Å². The molecule has 3 nitrogen and oxygen atoms in total. The van der Waals surface area contributed by atoms with Crippen LogP contribution in [0.1, 0.15) is 0 Å². The Balaban J connectivity index is 1.10. The molecule has 0 spiro atoms. The standard InChI is InChI=1S/C60H38N2O/c1-3-14-39(15-4-1)41-26-29-44(30-27-41)62(56-24-13-23-51-48-22-11-12-25-57(48)63-60(51)56)55-37-35-50-47-21-10-9-20-46(47)49-34-36-54(52-32-33-53(55)59(50)58(49)52)61(43-18-5-2-6-19-43)45-31-28-40-16-7-8-17-42(40)38-45/h1-38H. The lowest BCUT2D eigenvalue weighted by Crippen LogP contribution is -2.12. The van der Waals surface area contributed by atoms with E-state index in [4.69, 9.17) is 4.42 Å². The third kappa shape index (κ3) is 5.53. The van der Waals surface area contributed by atoms with E-state index in [0.717, 1.165) is 56.1 Å². The van der Waals surface area contributed by atoms with Gasteiger partial charge < -0.3 is 14.2 Å². The molecule has 12 aromatic carbocycles. The second-order valence-electron chi connectivity index (χ2n) is 16.4. The highest BCUT2D eigenvalue weighted by molar-refractivity contribution is 6.36. The van der Waals surface area contributed by atoms with Gasteiger partial charge >= 0.3 is 0 Å². The van der Waals surface area contributed by atoms with Gasteiger partial charge in [0.05, 0.1) is 17.1 Å². The van der Waals surface area contributed by atoms with Crippen molar-refractivity contribution in [1.82, 2.24) is 0 Å². The monoisotopic (exact) mass is 802 g/mol. The Morgan fingerprint density at radius 3 is 1.51 bits per heavy atom. The third-order valence-electron chi connectivity index (χ3n) is 13.0. The van der Waals surface area contributed by atoms with Crippen molar-refractivity contribution in [2.45, 2.75) is 0 Å². The van der Waals surface area contributed by atoms with Crippen molar-refractivity contribution in [2.24, 2.45) is 0 Å². The zero-order valence-corrected chi connectivity index (χ0v) is 34.2. The van der Waals surface area contributed by atoms with Crippen molar-refractivity contribution in [3.63, 3.8) is 0 Å². The zero-order chi connectivity index (χ0) is 41.4. The predicted octanol–water partition coefficient (Wildman–Crippen LogP) is 17.4. The molecule has 1 heterocycles. The smallest absolute Gasteiger partial charge is 0.159 e. The van der Waals surface area contributed by atoms with Crippen molar-refractivity contribution in [1.29, 1.82) is 0 Å². The van der Waals surface area contributed by atoms with Crippen LogP contribution in [0.25, 0.3) is 86.9 Å². The molecular formula is C60H38N2O. The number of hydrogen-bond acceptors (Lipinski definition) is 3. The van der Waals surface area contributed by atoms with E-state index in [9.17, 15) is 0 Å². The maximum absolute atomic E-state index is 6.79. The Bertz CT molecular complexity index is 3850. The van der Waals surface area contributed by atoms with E-state index in [1.54, 1.807) is 0 Å². The molecule has 0 aliphatic carbocycles. The highest BCUT2D eigenvalue weighted by Crippen LogP contribution is 2.51. The third-order valence-corrected chi connectivity index (χ3v) is 13.0. The Morgan fingerprint density at radius 2 is 0.794 bits per heavy atom. The SMILES string of the molecule is c1ccc(-c2ccc(N(c3ccc4c5ccccc5c5ccc(N(c6ccccc6)c6ccc7ccccc7c6)c6ccc3c4c65)c3cccc4c3oc3ccccc34)cc2)cc1. The van der Waals surface area contributed by atoms with Crippen LogP contribution in [0.5, 0.6) is 0 Å². The molecule has 13 rings (SSSR count). The number of fused-ring (bicyclic) bond motifs is 7. The van der Waals surface area contributed by atoms with Gasteiger partial charge in [-0.2, -0.15) is 0 Å². The molecule has 0 N–H and O–H groups in total. The largest absolute Gasteiger partial charge is 0.454 e. The lowest BCUT2D eigenvalue weighted by molar-refractivity contribution is 0.669. The van der Waals surface area contributed by atoms with Gasteiger partial charge in [-0.1, -0.05) is 170 Å². The number of nitrogens with zero attached hydrogens (tertiary/aromatic N) is 2. The van der Waals surface area contributed by atoms with E-state index < -0.39 is 0 Å². The van der Waals surface area contributed by atoms with Crippen molar-refractivity contribution in [3.8, 4) is 11.1 Å². The first kappa shape index (κ1) is 35.4. The fourth-order valence-corrected chi connectivity index (χ4v) is 10.1. The average molecular weight is 803 g/mol. The van der Waals surface area contributed by atoms with Crippen LogP contribution in [0.2, 0.25) is 0 Å². The van der Waals surface area contributed by atoms with Crippen LogP contribution < -0.4 is 9.80 Å². The summed E-state index contributed by atoms with van der Waals surface area (Å²) in [4.78, 5) is 4.82. The van der Waals surface area contributed by atoms with Crippen molar-refractivity contribution in [3.05, 3.63) is 231 Å². The van der Waals surface area contributed by atoms with Gasteiger partial charge in [-0.25, -0.2) is 0 Å². The minimum Gasteiger partial charge on any atom is -0.454 e. The summed E-state index contributed by atoms with van der Waals surface area (Å²) >= 11 is 0. The Kier molecular flexibility index (Phi) is 7.91. The summed E-state index contributed by atoms with van der Waals surface area (Å²) < 4.78 is 6.79. The second kappa shape index (κ2) is 14.1. The Hall–Kier alpha value is -8.40. The van der Waals surface area contributed by atoms with Gasteiger partial charge in [0, 0.05) is 49.4 Å². The van der Waals surface area contributed by atoms with Crippen LogP contribution in [0.15, 0.2) is 235 Å². The van der Waals surface area contributed by atoms with Crippen LogP contribution in [-0.4, -0.2) is 0 Å². The average Bonchev–Trinajstić information content (AvgIpc) is 3.74. The molecule has 0 atom stereocenters. The molecule has 294 valence electrons. The van der Waals surface area contributed by atoms with E-state index in [1.807, 2.05) is 6.07 Å². The first-order chi connectivity index (χ1) is 31.3. The van der Waals surface area contributed by atoms with Crippen LogP contribution in [0.4, 0.5) is 34.1 Å². The number of para-hydroxylation sites is 3. The summed E-state index contributed by atoms with van der Waals surface area (Å²) in [6.45, 7) is 0. The van der Waals surface area contributed by atoms with Gasteiger partial charge in [0.15, 0.2) is 5.58 Å². The molecule has 0 unspecified atom stereocenters. The molecule has 63 heavy (non-hydrogen) atoms. The summed E-state index contributed by atoms with van der Waals surface area (Å²) in [7, 11) is 0. The summed E-state index contributed by atoms with van der Waals surface area (Å²) in [6, 6.07) is 83.5. The number of furan rings is 1. The van der Waals surface area contributed by atoms with Crippen LogP contribution in [0.3, 0.4) is 0 Å². The summed E-state index contributed by atoms with van der Waals surface area (Å²) in [6.07, 6.45) is 0. The summed E-state index contributed by atoms with van der Waals surface area (Å²) in [5.41, 5.74) is 10.6. The quantitative estimate of drug-likeness (QED) is 0.118. The molecular weight excluding hydrogens is 765 g/mol. The lowest BCUT2D eigenvalue weighted by atomic mass is 9.87. The van der Waals surface area contributed by atoms with E-state index in [0.29, 0.717) is 0 Å². The minimum atomic E-state index is 0.859. The van der Waals surface area contributed by atoms with Gasteiger partial charge in [0.1, 0.15) is 5.58 Å². The topological polar surface area (TPSA) is 19.6 Å². The van der Waals surface area contributed by atoms with Crippen molar-refractivity contribution >= 4 is 110 Å². The lowest BCUT2D eigenvalue weighted by Gasteiger charge is -2.30. The Labute approximate surface area is 364 Å². The highest BCUT2D eigenvalue weighted by atomic mass is 16.3. The summed E-state index contributed by atoms with van der Waals surface area (Å²) in [5, 5.41) is 14.5. The van der Waals surface area contributed by atoms with Crippen LogP contribution in [0, 0.1) is 0 Å². The molecule has 0 bridgehead atoms. The van der Waals surface area contributed by atoms with E-state index >= 15 is 0 Å². The predicted molar refractivity (Wildman–Crippen MR) is 267 cm³/mol. The second-order valence-corrected chi connectivity index (χ2v) is 16.4. The molecule has 0 saturated carbocycles. The fraction of sp³-hybridized carbons (Fsp3) is 0. The molecule has 0 amide bonds. The fourth-order valence-electron chi connectivity index (χ4n) is 10.1. The molecule has 1 aromatic heterocycles. The van der Waals surface area contributed by atoms with Gasteiger partial charge in [0.2, 0.25) is 0 Å². The first-order valence-corrected chi connectivity index (χ1v) is 21.6. The molecule has 3 heteroatoms. The van der Waals surface area contributed by atoms with Gasteiger partial charge in [-0.3, -0.25) is 0 Å².